The maximum Gasteiger partial charge on any atom is 1.00 e. The van der Waals surface area contributed by atoms with Crippen molar-refractivity contribution in [1.82, 2.24) is 9.80 Å². The number of carbonyl (C=O) groups is 4. The predicted octanol–water partition coefficient (Wildman–Crippen LogP) is -29.3. The zero-order valence-electron chi connectivity index (χ0n) is 20.4. The molecule has 0 bridgehead atoms. The van der Waals surface area contributed by atoms with Gasteiger partial charge in [-0.3, -0.25) is 9.80 Å². The monoisotopic (exact) mass is 596 g/mol. The SMILES string of the molecule is O.O.O.O.O.O.O.O.O.O.O.O.O=C([O-])CN(CCN(CC(=O)[O-])CC(=O)[O-])CC(=O)[O-].[Na+].[Na+].[Na+].[Na+]. The van der Waals surface area contributed by atoms with Crippen LogP contribution in [0.25, 0.3) is 0 Å². The Morgan fingerprint density at radius 2 is 0.472 bits per heavy atom. The Hall–Kier alpha value is 1.32. The molecule has 0 unspecified atom stereocenters. The van der Waals surface area contributed by atoms with Gasteiger partial charge < -0.3 is 105 Å². The standard InChI is InChI=1S/C10H16N2O8.4Na.12H2O/c13-7(14)3-11(4-8(15)16)1-2-12(5-9(17)18)6-10(19)20;;;;;;;;;;;;;;;;/h1-6H2,(H,13,14)(H,15,16)(H,17,18)(H,19,20);;;;;12*1H2/q;4*+1;;;;;;;;;;;;/p-4. The number of hydrogen-bond acceptors (Lipinski definition) is 10. The molecule has 0 aliphatic rings. The van der Waals surface area contributed by atoms with E-state index in [2.05, 4.69) is 0 Å². The van der Waals surface area contributed by atoms with Crippen molar-refractivity contribution in [3.63, 3.8) is 0 Å². The molecule has 0 spiro atoms. The van der Waals surface area contributed by atoms with Gasteiger partial charge in [-0.2, -0.15) is 0 Å². The van der Waals surface area contributed by atoms with Crippen molar-refractivity contribution in [2.24, 2.45) is 0 Å². The van der Waals surface area contributed by atoms with Gasteiger partial charge in [0.15, 0.2) is 0 Å². The van der Waals surface area contributed by atoms with Crippen molar-refractivity contribution >= 4 is 23.9 Å². The van der Waals surface area contributed by atoms with Crippen LogP contribution in [0.2, 0.25) is 0 Å². The Kier molecular flexibility index (Phi) is 234. The molecule has 0 aromatic rings. The van der Waals surface area contributed by atoms with Gasteiger partial charge in [0.25, 0.3) is 0 Å². The molecular formula is C10H36N2Na4O20. The first-order valence-corrected chi connectivity index (χ1v) is 5.44. The molecule has 0 aliphatic carbocycles. The molecule has 0 radical (unpaired) electrons. The summed E-state index contributed by atoms with van der Waals surface area (Å²) in [5.41, 5.74) is 0. The summed E-state index contributed by atoms with van der Waals surface area (Å²) in [6, 6.07) is 0. The Labute approximate surface area is 293 Å². The topological polar surface area (TPSA) is 545 Å². The Morgan fingerprint density at radius 1 is 0.361 bits per heavy atom. The minimum absolute atomic E-state index is 0. The van der Waals surface area contributed by atoms with Crippen molar-refractivity contribution in [2.75, 3.05) is 39.3 Å². The molecule has 210 valence electrons. The maximum absolute atomic E-state index is 10.4. The Balaban J connectivity index is -0.0000000150. The van der Waals surface area contributed by atoms with Crippen molar-refractivity contribution in [3.8, 4) is 0 Å². The molecule has 22 nitrogen and oxygen atoms in total. The van der Waals surface area contributed by atoms with Crippen LogP contribution >= 0.6 is 0 Å². The minimum atomic E-state index is -1.53. The third kappa shape index (κ3) is 83.5. The first-order valence-electron chi connectivity index (χ1n) is 5.44. The Morgan fingerprint density at radius 3 is 0.556 bits per heavy atom. The van der Waals surface area contributed by atoms with Crippen LogP contribution < -0.4 is 139 Å². The first-order chi connectivity index (χ1) is 9.20. The molecule has 24 N–H and O–H groups in total. The number of nitrogens with zero attached hydrogens (tertiary/aromatic N) is 2. The van der Waals surface area contributed by atoms with Crippen LogP contribution in [0.5, 0.6) is 0 Å². The van der Waals surface area contributed by atoms with Gasteiger partial charge in [-0.25, -0.2) is 0 Å². The fourth-order valence-corrected chi connectivity index (χ4v) is 1.44. The van der Waals surface area contributed by atoms with Gasteiger partial charge in [-0.15, -0.1) is 0 Å². The fourth-order valence-electron chi connectivity index (χ4n) is 1.44. The van der Waals surface area contributed by atoms with E-state index in [1.54, 1.807) is 0 Å². The average molecular weight is 596 g/mol. The van der Waals surface area contributed by atoms with Crippen LogP contribution in [0.15, 0.2) is 0 Å². The van der Waals surface area contributed by atoms with Crippen LogP contribution in [0, 0.1) is 0 Å². The molecule has 36 heavy (non-hydrogen) atoms. The van der Waals surface area contributed by atoms with E-state index >= 15 is 0 Å². The third-order valence-corrected chi connectivity index (χ3v) is 2.14. The zero-order valence-corrected chi connectivity index (χ0v) is 28.4. The van der Waals surface area contributed by atoms with E-state index in [1.807, 2.05) is 0 Å². The number of rotatable bonds is 11. The molecule has 0 amide bonds. The van der Waals surface area contributed by atoms with Gasteiger partial charge in [0.05, 0.1) is 23.9 Å². The molecule has 0 rings (SSSR count). The van der Waals surface area contributed by atoms with Crippen molar-refractivity contribution < 1.29 is 224 Å². The van der Waals surface area contributed by atoms with Gasteiger partial charge >= 0.3 is 118 Å². The molecule has 0 aromatic heterocycles. The summed E-state index contributed by atoms with van der Waals surface area (Å²) in [5.74, 6) is -6.12. The van der Waals surface area contributed by atoms with Gasteiger partial charge in [-0.05, 0) is 0 Å². The van der Waals surface area contributed by atoms with Crippen LogP contribution in [-0.2, 0) is 19.2 Å². The smallest absolute Gasteiger partial charge is 0.549 e. The Bertz CT molecular complexity index is 345. The van der Waals surface area contributed by atoms with Crippen molar-refractivity contribution in [2.45, 2.75) is 0 Å². The van der Waals surface area contributed by atoms with Gasteiger partial charge in [0.1, 0.15) is 0 Å². The molecule has 0 saturated carbocycles. The zero-order chi connectivity index (χ0) is 15.7. The van der Waals surface area contributed by atoms with Crippen LogP contribution in [0.1, 0.15) is 0 Å². The summed E-state index contributed by atoms with van der Waals surface area (Å²) < 4.78 is 0. The third-order valence-electron chi connectivity index (χ3n) is 2.14. The maximum atomic E-state index is 10.4. The van der Waals surface area contributed by atoms with E-state index in [1.165, 1.54) is 0 Å². The number of carboxylic acid groups (broad SMARTS) is 4. The van der Waals surface area contributed by atoms with Gasteiger partial charge in [0.2, 0.25) is 0 Å². The van der Waals surface area contributed by atoms with E-state index in [-0.39, 0.29) is 197 Å². The first kappa shape index (κ1) is 119. The molecule has 0 aromatic carbocycles. The largest absolute Gasteiger partial charge is 1.00 e. The molecular weight excluding hydrogens is 560 g/mol. The molecule has 0 saturated heterocycles. The number of carbonyl (C=O) groups excluding carboxylic acids is 4. The number of hydrogen-bond donors (Lipinski definition) is 0. The average Bonchev–Trinajstić information content (AvgIpc) is 2.22. The second kappa shape index (κ2) is 70.7. The van der Waals surface area contributed by atoms with Crippen LogP contribution in [0.3, 0.4) is 0 Å². The van der Waals surface area contributed by atoms with E-state index in [0.717, 1.165) is 9.80 Å². The van der Waals surface area contributed by atoms with E-state index in [9.17, 15) is 39.6 Å². The summed E-state index contributed by atoms with van der Waals surface area (Å²) >= 11 is 0. The molecule has 0 aliphatic heterocycles. The number of carboxylic acids is 4. The minimum Gasteiger partial charge on any atom is -0.549 e. The second-order valence-electron chi connectivity index (χ2n) is 3.91. The van der Waals surface area contributed by atoms with Gasteiger partial charge in [-0.1, -0.05) is 0 Å². The van der Waals surface area contributed by atoms with E-state index in [0.29, 0.717) is 0 Å². The molecule has 0 heterocycles. The van der Waals surface area contributed by atoms with E-state index < -0.39 is 50.1 Å². The van der Waals surface area contributed by atoms with Crippen molar-refractivity contribution in [3.05, 3.63) is 0 Å². The summed E-state index contributed by atoms with van der Waals surface area (Å²) in [6.45, 7) is -3.25. The predicted molar refractivity (Wildman–Crippen MR) is 96.3 cm³/mol. The molecule has 0 atom stereocenters. The van der Waals surface area contributed by atoms with Crippen molar-refractivity contribution in [1.29, 1.82) is 0 Å². The normalized spacial score (nSPS) is 5.94. The second-order valence-corrected chi connectivity index (χ2v) is 3.91. The number of aliphatic carboxylic acids is 4. The van der Waals surface area contributed by atoms with E-state index in [4.69, 9.17) is 0 Å². The summed E-state index contributed by atoms with van der Waals surface area (Å²) in [4.78, 5) is 43.4. The van der Waals surface area contributed by atoms with Gasteiger partial charge in [0, 0.05) is 39.3 Å². The fraction of sp³-hybridized carbons (Fsp3) is 0.600. The summed E-state index contributed by atoms with van der Waals surface area (Å²) in [6.07, 6.45) is 0. The summed E-state index contributed by atoms with van der Waals surface area (Å²) in [7, 11) is 0. The molecule has 0 fully saturated rings. The van der Waals surface area contributed by atoms with Crippen LogP contribution in [-0.4, -0.2) is 139 Å². The molecule has 26 heteroatoms. The quantitative estimate of drug-likeness (QED) is 0.203. The summed E-state index contributed by atoms with van der Waals surface area (Å²) in [5, 5.41) is 41.6. The van der Waals surface area contributed by atoms with Crippen LogP contribution in [0.4, 0.5) is 0 Å².